The zero-order chi connectivity index (χ0) is 24.0. The van der Waals surface area contributed by atoms with E-state index in [0.29, 0.717) is 0 Å². The van der Waals surface area contributed by atoms with Gasteiger partial charge in [-0.15, -0.1) is 21.5 Å². The van der Waals surface area contributed by atoms with Crippen LogP contribution in [-0.2, 0) is 29.6 Å². The molecule has 176 valence electrons. The van der Waals surface area contributed by atoms with Gasteiger partial charge in [-0.3, -0.25) is 4.79 Å². The maximum absolute atomic E-state index is 12.6. The molecule has 1 N–H and O–H groups in total. The molecule has 1 amide bonds. The van der Waals surface area contributed by atoms with Crippen molar-refractivity contribution in [3.8, 4) is 0 Å². The second-order valence-corrected chi connectivity index (χ2v) is 11.2. The second-order valence-electron chi connectivity index (χ2n) is 9.21. The number of aryl methyl sites for hydroxylation is 1. The number of hydrogen-bond acceptors (Lipinski definition) is 5. The molecule has 2 aromatic carbocycles. The summed E-state index contributed by atoms with van der Waals surface area (Å²) < 4.78 is 2.16. The van der Waals surface area contributed by atoms with E-state index in [9.17, 15) is 4.79 Å². The van der Waals surface area contributed by atoms with Crippen molar-refractivity contribution in [1.29, 1.82) is 0 Å². The van der Waals surface area contributed by atoms with Gasteiger partial charge in [0.15, 0.2) is 5.16 Å². The Morgan fingerprint density at radius 2 is 1.76 bits per heavy atom. The van der Waals surface area contributed by atoms with E-state index in [1.807, 2.05) is 18.2 Å². The van der Waals surface area contributed by atoms with Crippen molar-refractivity contribution in [3.05, 3.63) is 93.9 Å². The Balaban J connectivity index is 1.41. The summed E-state index contributed by atoms with van der Waals surface area (Å²) in [5.41, 5.74) is 3.40. The number of thioether (sulfide) groups is 1. The van der Waals surface area contributed by atoms with Crippen LogP contribution in [0.3, 0.4) is 0 Å². The van der Waals surface area contributed by atoms with Crippen LogP contribution in [-0.4, -0.2) is 26.4 Å². The van der Waals surface area contributed by atoms with Gasteiger partial charge in [0.05, 0.1) is 5.75 Å². The van der Waals surface area contributed by atoms with Crippen molar-refractivity contribution in [1.82, 2.24) is 14.8 Å². The van der Waals surface area contributed by atoms with Gasteiger partial charge in [-0.2, -0.15) is 0 Å². The first kappa shape index (κ1) is 24.2. The van der Waals surface area contributed by atoms with Gasteiger partial charge in [0, 0.05) is 23.5 Å². The van der Waals surface area contributed by atoms with Crippen molar-refractivity contribution >= 4 is 34.7 Å². The normalized spacial score (nSPS) is 11.5. The molecule has 0 spiro atoms. The van der Waals surface area contributed by atoms with Gasteiger partial charge in [0.1, 0.15) is 5.82 Å². The molecule has 2 aromatic heterocycles. The van der Waals surface area contributed by atoms with Crippen molar-refractivity contribution < 1.29 is 4.79 Å². The van der Waals surface area contributed by atoms with Gasteiger partial charge < -0.3 is 9.88 Å². The van der Waals surface area contributed by atoms with Gasteiger partial charge in [0.2, 0.25) is 5.91 Å². The monoisotopic (exact) mass is 490 g/mol. The summed E-state index contributed by atoms with van der Waals surface area (Å²) in [4.78, 5) is 13.9. The number of rotatable bonds is 9. The Bertz CT molecular complexity index is 1190. The lowest BCUT2D eigenvalue weighted by molar-refractivity contribution is -0.113. The molecule has 5 nitrogen and oxygen atoms in total. The Morgan fingerprint density at radius 3 is 2.44 bits per heavy atom. The number of anilines is 1. The highest BCUT2D eigenvalue weighted by Gasteiger charge is 2.16. The fourth-order valence-corrected chi connectivity index (χ4v) is 5.10. The summed E-state index contributed by atoms with van der Waals surface area (Å²) in [6, 6.07) is 22.6. The molecule has 0 atom stereocenters. The molecule has 0 aliphatic rings. The number of benzene rings is 2. The maximum Gasteiger partial charge on any atom is 0.234 e. The molecule has 0 unspecified atom stereocenters. The zero-order valence-electron chi connectivity index (χ0n) is 19.8. The van der Waals surface area contributed by atoms with Crippen molar-refractivity contribution in [2.75, 3.05) is 11.1 Å². The van der Waals surface area contributed by atoms with Gasteiger partial charge in [-0.05, 0) is 46.5 Å². The van der Waals surface area contributed by atoms with E-state index in [1.165, 1.54) is 27.8 Å². The minimum atomic E-state index is -0.0501. The van der Waals surface area contributed by atoms with Gasteiger partial charge in [-0.25, -0.2) is 0 Å². The number of nitrogens with zero attached hydrogens (tertiary/aromatic N) is 3. The van der Waals surface area contributed by atoms with E-state index >= 15 is 0 Å². The van der Waals surface area contributed by atoms with E-state index in [-0.39, 0.29) is 17.1 Å². The lowest BCUT2D eigenvalue weighted by atomic mass is 9.87. The second kappa shape index (κ2) is 11.0. The van der Waals surface area contributed by atoms with Crippen LogP contribution in [0.25, 0.3) is 0 Å². The third-order valence-electron chi connectivity index (χ3n) is 5.54. The van der Waals surface area contributed by atoms with Gasteiger partial charge in [0.25, 0.3) is 0 Å². The van der Waals surface area contributed by atoms with Crippen LogP contribution >= 0.6 is 23.1 Å². The van der Waals surface area contributed by atoms with Crippen LogP contribution < -0.4 is 5.32 Å². The summed E-state index contributed by atoms with van der Waals surface area (Å²) in [7, 11) is 0. The Morgan fingerprint density at radius 1 is 1.00 bits per heavy atom. The third kappa shape index (κ3) is 6.58. The Kier molecular flexibility index (Phi) is 7.85. The maximum atomic E-state index is 12.6. The first-order valence-corrected chi connectivity index (χ1v) is 13.3. The first-order chi connectivity index (χ1) is 16.4. The highest BCUT2D eigenvalue weighted by molar-refractivity contribution is 7.99. The quantitative estimate of drug-likeness (QED) is 0.284. The van der Waals surface area contributed by atoms with E-state index < -0.39 is 0 Å². The molecule has 0 saturated heterocycles. The predicted octanol–water partition coefficient (Wildman–Crippen LogP) is 6.20. The van der Waals surface area contributed by atoms with Crippen LogP contribution in [0.5, 0.6) is 0 Å². The molecule has 0 bridgehead atoms. The van der Waals surface area contributed by atoms with E-state index in [1.54, 1.807) is 11.3 Å². The molecule has 4 rings (SSSR count). The minimum Gasteiger partial charge on any atom is -0.325 e. The fraction of sp³-hybridized carbons (Fsp3) is 0.296. The number of nitrogens with one attached hydrogen (secondary N) is 1. The van der Waals surface area contributed by atoms with E-state index in [4.69, 9.17) is 0 Å². The smallest absolute Gasteiger partial charge is 0.234 e. The van der Waals surface area contributed by atoms with Crippen molar-refractivity contribution in [2.45, 2.75) is 50.7 Å². The molecule has 0 saturated carbocycles. The number of amides is 1. The molecule has 4 aromatic rings. The lowest BCUT2D eigenvalue weighted by Crippen LogP contribution is -2.16. The average Bonchev–Trinajstić information content (AvgIpc) is 3.47. The molecular formula is C27H30N4OS2. The molecule has 0 aliphatic heterocycles. The summed E-state index contributed by atoms with van der Waals surface area (Å²) in [6.07, 6.45) is 1.63. The fourth-order valence-electron chi connectivity index (χ4n) is 3.62. The molecule has 0 aliphatic carbocycles. The molecular weight excluding hydrogens is 460 g/mol. The van der Waals surface area contributed by atoms with Gasteiger partial charge in [-0.1, -0.05) is 81.1 Å². The van der Waals surface area contributed by atoms with Crippen molar-refractivity contribution in [3.63, 3.8) is 0 Å². The molecule has 2 heterocycles. The Hall–Kier alpha value is -2.90. The summed E-state index contributed by atoms with van der Waals surface area (Å²) in [6.45, 7) is 7.31. The highest BCUT2D eigenvalue weighted by Crippen LogP contribution is 2.24. The zero-order valence-corrected chi connectivity index (χ0v) is 21.5. The molecule has 0 radical (unpaired) electrons. The molecule has 34 heavy (non-hydrogen) atoms. The van der Waals surface area contributed by atoms with E-state index in [0.717, 1.165) is 36.1 Å². The number of thiophene rings is 1. The summed E-state index contributed by atoms with van der Waals surface area (Å²) in [5.74, 6) is 1.16. The average molecular weight is 491 g/mol. The molecule has 0 fully saturated rings. The number of aromatic nitrogens is 3. The largest absolute Gasteiger partial charge is 0.325 e. The number of carbonyl (C=O) groups excluding carboxylic acids is 1. The van der Waals surface area contributed by atoms with E-state index in [2.05, 4.69) is 94.8 Å². The van der Waals surface area contributed by atoms with Gasteiger partial charge >= 0.3 is 0 Å². The minimum absolute atomic E-state index is 0.0501. The number of carbonyl (C=O) groups is 1. The summed E-state index contributed by atoms with van der Waals surface area (Å²) >= 11 is 3.15. The lowest BCUT2D eigenvalue weighted by Gasteiger charge is -2.19. The van der Waals surface area contributed by atoms with Crippen LogP contribution in [0, 0.1) is 0 Å². The SMILES string of the molecule is CC(C)(C)c1ccc(NC(=O)CSc2nnc(Cc3cccs3)n2CCc2ccccc2)cc1. The van der Waals surface area contributed by atoms with Crippen LogP contribution in [0.2, 0.25) is 0 Å². The van der Waals surface area contributed by atoms with Crippen LogP contribution in [0.1, 0.15) is 42.6 Å². The summed E-state index contributed by atoms with van der Waals surface area (Å²) in [5, 5.41) is 14.7. The van der Waals surface area contributed by atoms with Crippen molar-refractivity contribution in [2.24, 2.45) is 0 Å². The topological polar surface area (TPSA) is 59.8 Å². The third-order valence-corrected chi connectivity index (χ3v) is 7.38. The van der Waals surface area contributed by atoms with Crippen LogP contribution in [0.15, 0.2) is 77.3 Å². The highest BCUT2D eigenvalue weighted by atomic mass is 32.2. The number of hydrogen-bond donors (Lipinski definition) is 1. The van der Waals surface area contributed by atoms with Crippen LogP contribution in [0.4, 0.5) is 5.69 Å². The molecule has 7 heteroatoms. The first-order valence-electron chi connectivity index (χ1n) is 11.4. The predicted molar refractivity (Wildman–Crippen MR) is 142 cm³/mol. The Labute approximate surface area is 209 Å². The standard InChI is InChI=1S/C27H30N4OS2/c1-27(2,3)21-11-13-22(14-12-21)28-25(32)19-34-26-30-29-24(18-23-10-7-17-33-23)31(26)16-15-20-8-5-4-6-9-20/h4-14,17H,15-16,18-19H2,1-3H3,(H,28,32).